The van der Waals surface area contributed by atoms with E-state index in [4.69, 9.17) is 0 Å². The Morgan fingerprint density at radius 3 is 2.81 bits per heavy atom. The molecule has 2 rings (SSSR count). The van der Waals surface area contributed by atoms with Crippen molar-refractivity contribution in [1.82, 2.24) is 9.97 Å². The number of nitrogens with one attached hydrogen (secondary N) is 2. The van der Waals surface area contributed by atoms with Gasteiger partial charge in [-0.1, -0.05) is 6.92 Å². The lowest BCUT2D eigenvalue weighted by Crippen LogP contribution is -2.17. The molecule has 110 valence electrons. The molecule has 0 aromatic carbocycles. The van der Waals surface area contributed by atoms with Crippen LogP contribution >= 0.6 is 31.9 Å². The molecule has 21 heavy (non-hydrogen) atoms. The Hall–Kier alpha value is -1.47. The first-order valence-corrected chi connectivity index (χ1v) is 8.01. The summed E-state index contributed by atoms with van der Waals surface area (Å²) in [5.74, 6) is 0.773. The van der Waals surface area contributed by atoms with E-state index in [2.05, 4.69) is 59.4 Å². The minimum Gasteiger partial charge on any atom is -0.369 e. The highest BCUT2D eigenvalue weighted by molar-refractivity contribution is 9.10. The SMILES string of the molecule is CCCNc1ncc(Br)cc1C(=O)Nc1ncccc1Br. The number of aromatic nitrogens is 2. The summed E-state index contributed by atoms with van der Waals surface area (Å²) in [6, 6.07) is 5.34. The maximum atomic E-state index is 12.4. The van der Waals surface area contributed by atoms with Gasteiger partial charge in [-0.3, -0.25) is 4.79 Å². The minimum absolute atomic E-state index is 0.262. The van der Waals surface area contributed by atoms with Crippen LogP contribution in [-0.4, -0.2) is 22.4 Å². The molecular formula is C14H14Br2N4O. The Bertz CT molecular complexity index is 649. The van der Waals surface area contributed by atoms with Crippen LogP contribution in [0.15, 0.2) is 39.5 Å². The molecule has 0 bridgehead atoms. The molecule has 0 unspecified atom stereocenters. The molecule has 2 aromatic rings. The molecule has 5 nitrogen and oxygen atoms in total. The highest BCUT2D eigenvalue weighted by atomic mass is 79.9. The summed E-state index contributed by atoms with van der Waals surface area (Å²) >= 11 is 6.69. The summed E-state index contributed by atoms with van der Waals surface area (Å²) in [6.07, 6.45) is 4.23. The van der Waals surface area contributed by atoms with E-state index in [0.717, 1.165) is 21.9 Å². The fourth-order valence-corrected chi connectivity index (χ4v) is 2.33. The zero-order chi connectivity index (χ0) is 15.2. The van der Waals surface area contributed by atoms with E-state index < -0.39 is 0 Å². The smallest absolute Gasteiger partial charge is 0.260 e. The predicted molar refractivity (Wildman–Crippen MR) is 90.6 cm³/mol. The largest absolute Gasteiger partial charge is 0.369 e. The molecule has 0 aliphatic heterocycles. The molecule has 0 aliphatic rings. The molecule has 0 aliphatic carbocycles. The third-order valence-electron chi connectivity index (χ3n) is 2.63. The van der Waals surface area contributed by atoms with E-state index in [1.807, 2.05) is 6.07 Å². The molecule has 7 heteroatoms. The number of pyridine rings is 2. The van der Waals surface area contributed by atoms with Crippen molar-refractivity contribution in [2.75, 3.05) is 17.2 Å². The first kappa shape index (κ1) is 15.9. The maximum Gasteiger partial charge on any atom is 0.260 e. The normalized spacial score (nSPS) is 10.2. The minimum atomic E-state index is -0.262. The van der Waals surface area contributed by atoms with E-state index >= 15 is 0 Å². The number of amides is 1. The van der Waals surface area contributed by atoms with Gasteiger partial charge in [0.15, 0.2) is 0 Å². The number of hydrogen-bond donors (Lipinski definition) is 2. The second kappa shape index (κ2) is 7.51. The van der Waals surface area contributed by atoms with E-state index in [0.29, 0.717) is 17.2 Å². The van der Waals surface area contributed by atoms with Gasteiger partial charge in [0.05, 0.1) is 10.0 Å². The van der Waals surface area contributed by atoms with Gasteiger partial charge >= 0.3 is 0 Å². The highest BCUT2D eigenvalue weighted by Crippen LogP contribution is 2.22. The standard InChI is InChI=1S/C14H14Br2N4O/c1-2-5-17-12-10(7-9(15)8-19-12)14(21)20-13-11(16)4-3-6-18-13/h3-4,6-8H,2,5H2,1H3,(H,17,19)(H,18,20,21). The van der Waals surface area contributed by atoms with E-state index in [-0.39, 0.29) is 5.91 Å². The Morgan fingerprint density at radius 2 is 2.10 bits per heavy atom. The van der Waals surface area contributed by atoms with Crippen LogP contribution in [0.4, 0.5) is 11.6 Å². The molecule has 0 spiro atoms. The number of hydrogen-bond acceptors (Lipinski definition) is 4. The van der Waals surface area contributed by atoms with Crippen LogP contribution in [0.2, 0.25) is 0 Å². The third-order valence-corrected chi connectivity index (χ3v) is 3.71. The van der Waals surface area contributed by atoms with E-state index in [1.165, 1.54) is 0 Å². The number of anilines is 2. The topological polar surface area (TPSA) is 66.9 Å². The number of nitrogens with zero attached hydrogens (tertiary/aromatic N) is 2. The van der Waals surface area contributed by atoms with Gasteiger partial charge in [0, 0.05) is 23.4 Å². The van der Waals surface area contributed by atoms with Crippen molar-refractivity contribution in [2.45, 2.75) is 13.3 Å². The molecule has 0 saturated carbocycles. The zero-order valence-electron chi connectivity index (χ0n) is 11.4. The molecule has 0 atom stereocenters. The fraction of sp³-hybridized carbons (Fsp3) is 0.214. The summed E-state index contributed by atoms with van der Waals surface area (Å²) in [5, 5.41) is 5.92. The van der Waals surface area contributed by atoms with Crippen LogP contribution < -0.4 is 10.6 Å². The molecule has 0 saturated heterocycles. The monoisotopic (exact) mass is 412 g/mol. The van der Waals surface area contributed by atoms with Gasteiger partial charge in [-0.25, -0.2) is 9.97 Å². The van der Waals surface area contributed by atoms with Crippen molar-refractivity contribution in [3.63, 3.8) is 0 Å². The first-order chi connectivity index (χ1) is 10.1. The first-order valence-electron chi connectivity index (χ1n) is 6.43. The van der Waals surface area contributed by atoms with Crippen LogP contribution in [0.25, 0.3) is 0 Å². The maximum absolute atomic E-state index is 12.4. The molecule has 2 heterocycles. The molecule has 2 N–H and O–H groups in total. The molecule has 1 amide bonds. The average Bonchev–Trinajstić information content (AvgIpc) is 2.48. The van der Waals surface area contributed by atoms with Gasteiger partial charge < -0.3 is 10.6 Å². The van der Waals surface area contributed by atoms with Crippen molar-refractivity contribution in [3.8, 4) is 0 Å². The zero-order valence-corrected chi connectivity index (χ0v) is 14.5. The van der Waals surface area contributed by atoms with E-state index in [1.54, 1.807) is 24.5 Å². The summed E-state index contributed by atoms with van der Waals surface area (Å²) in [5.41, 5.74) is 0.468. The second-order valence-corrected chi connectivity index (χ2v) is 6.03. The lowest BCUT2D eigenvalue weighted by atomic mass is 10.2. The predicted octanol–water partition coefficient (Wildman–Crippen LogP) is 4.08. The van der Waals surface area contributed by atoms with Crippen molar-refractivity contribution in [3.05, 3.63) is 45.1 Å². The van der Waals surface area contributed by atoms with Gasteiger partial charge in [0.25, 0.3) is 5.91 Å². The lowest BCUT2D eigenvalue weighted by Gasteiger charge is -2.11. The molecule has 2 aromatic heterocycles. The quantitative estimate of drug-likeness (QED) is 0.774. The van der Waals surface area contributed by atoms with E-state index in [9.17, 15) is 4.79 Å². The Labute approximate surface area is 139 Å². The number of rotatable bonds is 5. The summed E-state index contributed by atoms with van der Waals surface area (Å²) in [7, 11) is 0. The van der Waals surface area contributed by atoms with Crippen LogP contribution in [0.3, 0.4) is 0 Å². The van der Waals surface area contributed by atoms with Gasteiger partial charge in [-0.05, 0) is 56.5 Å². The molecule has 0 radical (unpaired) electrons. The van der Waals surface area contributed by atoms with Crippen molar-refractivity contribution >= 4 is 49.4 Å². The van der Waals surface area contributed by atoms with Crippen molar-refractivity contribution in [2.24, 2.45) is 0 Å². The Balaban J connectivity index is 2.25. The van der Waals surface area contributed by atoms with Crippen LogP contribution in [0.1, 0.15) is 23.7 Å². The van der Waals surface area contributed by atoms with Gasteiger partial charge in [0.2, 0.25) is 0 Å². The van der Waals surface area contributed by atoms with Crippen LogP contribution in [0, 0.1) is 0 Å². The highest BCUT2D eigenvalue weighted by Gasteiger charge is 2.15. The number of halogens is 2. The van der Waals surface area contributed by atoms with Crippen LogP contribution in [-0.2, 0) is 0 Å². The lowest BCUT2D eigenvalue weighted by molar-refractivity contribution is 0.102. The van der Waals surface area contributed by atoms with Gasteiger partial charge in [0.1, 0.15) is 11.6 Å². The Kier molecular flexibility index (Phi) is 5.69. The van der Waals surface area contributed by atoms with Crippen LogP contribution in [0.5, 0.6) is 0 Å². The third kappa shape index (κ3) is 4.25. The second-order valence-electron chi connectivity index (χ2n) is 4.26. The fourth-order valence-electron chi connectivity index (χ4n) is 1.65. The summed E-state index contributed by atoms with van der Waals surface area (Å²) in [6.45, 7) is 2.80. The molecule has 0 fully saturated rings. The molecular weight excluding hydrogens is 400 g/mol. The number of carbonyl (C=O) groups is 1. The van der Waals surface area contributed by atoms with Gasteiger partial charge in [-0.15, -0.1) is 0 Å². The average molecular weight is 414 g/mol. The van der Waals surface area contributed by atoms with Gasteiger partial charge in [-0.2, -0.15) is 0 Å². The summed E-state index contributed by atoms with van der Waals surface area (Å²) in [4.78, 5) is 20.8. The van der Waals surface area contributed by atoms with Crippen molar-refractivity contribution in [1.29, 1.82) is 0 Å². The Morgan fingerprint density at radius 1 is 1.29 bits per heavy atom. The number of carbonyl (C=O) groups excluding carboxylic acids is 1. The van der Waals surface area contributed by atoms with Crippen molar-refractivity contribution < 1.29 is 4.79 Å². The summed E-state index contributed by atoms with van der Waals surface area (Å²) < 4.78 is 1.47.